The highest BCUT2D eigenvalue weighted by molar-refractivity contribution is 6.62. The lowest BCUT2D eigenvalue weighted by Gasteiger charge is -2.32. The van der Waals surface area contributed by atoms with Gasteiger partial charge < -0.3 is 9.31 Å². The van der Waals surface area contributed by atoms with Gasteiger partial charge in [-0.2, -0.15) is 0 Å². The van der Waals surface area contributed by atoms with Crippen molar-refractivity contribution >= 4 is 18.2 Å². The number of nitrogens with zero attached hydrogens (tertiary/aromatic N) is 2. The molecule has 194 valence electrons. The van der Waals surface area contributed by atoms with Gasteiger partial charge in [0, 0.05) is 16.7 Å². The Hall–Kier alpha value is -3.80. The molecule has 0 radical (unpaired) electrons. The molecule has 0 N–H and O–H groups in total. The number of aromatic nitrogens is 2. The average Bonchev–Trinajstić information content (AvgIpc) is 3.20. The predicted molar refractivity (Wildman–Crippen MR) is 160 cm³/mol. The van der Waals surface area contributed by atoms with Gasteiger partial charge in [-0.05, 0) is 69.3 Å². The van der Waals surface area contributed by atoms with Crippen molar-refractivity contribution in [2.45, 2.75) is 51.7 Å². The summed E-state index contributed by atoms with van der Waals surface area (Å²) in [5, 5.41) is 0. The SMILES string of the molecule is CC1(C)OB(c2ccc(-c3nc(-c4ccccc4)cc(-c4cccc(C5=CCCC=C5)c4)n3)cc2)OC1(C)C. The Labute approximate surface area is 231 Å². The van der Waals surface area contributed by atoms with Crippen molar-refractivity contribution in [3.8, 4) is 33.9 Å². The summed E-state index contributed by atoms with van der Waals surface area (Å²) in [6, 6.07) is 29.2. The van der Waals surface area contributed by atoms with E-state index < -0.39 is 7.12 Å². The van der Waals surface area contributed by atoms with E-state index in [4.69, 9.17) is 19.3 Å². The number of hydrogen-bond donors (Lipinski definition) is 0. The molecule has 1 aromatic heterocycles. The molecule has 6 rings (SSSR count). The standard InChI is InChI=1S/C34H33BN2O2/c1-33(2)34(3,4)39-35(38-33)29-20-18-26(19-21-29)32-36-30(25-14-9-6-10-15-25)23-31(37-32)28-17-11-16-27(22-28)24-12-7-5-8-13-24/h6-7,9-23H,5,8H2,1-4H3. The molecule has 1 aliphatic carbocycles. The molecule has 4 nitrogen and oxygen atoms in total. The van der Waals surface area contributed by atoms with Crippen molar-refractivity contribution in [3.05, 3.63) is 109 Å². The molecule has 39 heavy (non-hydrogen) atoms. The molecule has 0 atom stereocenters. The molecule has 1 saturated heterocycles. The van der Waals surface area contributed by atoms with Gasteiger partial charge >= 0.3 is 7.12 Å². The van der Waals surface area contributed by atoms with Crippen LogP contribution in [0.5, 0.6) is 0 Å². The van der Waals surface area contributed by atoms with Gasteiger partial charge in [0.25, 0.3) is 0 Å². The Morgan fingerprint density at radius 1 is 0.641 bits per heavy atom. The minimum Gasteiger partial charge on any atom is -0.399 e. The molecule has 2 heterocycles. The van der Waals surface area contributed by atoms with Crippen LogP contribution in [0.1, 0.15) is 46.1 Å². The molecule has 0 spiro atoms. The third kappa shape index (κ3) is 5.12. The minimum absolute atomic E-state index is 0.379. The highest BCUT2D eigenvalue weighted by Crippen LogP contribution is 2.37. The van der Waals surface area contributed by atoms with Crippen LogP contribution in [0.25, 0.3) is 39.5 Å². The van der Waals surface area contributed by atoms with Crippen LogP contribution in [0.4, 0.5) is 0 Å². The van der Waals surface area contributed by atoms with E-state index >= 15 is 0 Å². The topological polar surface area (TPSA) is 44.2 Å². The molecule has 0 amide bonds. The molecule has 0 saturated carbocycles. The second kappa shape index (κ2) is 10.1. The molecule has 1 fully saturated rings. The third-order valence-corrected chi connectivity index (χ3v) is 7.98. The van der Waals surface area contributed by atoms with Crippen LogP contribution in [0.2, 0.25) is 0 Å². The molecular formula is C34H33BN2O2. The average molecular weight is 512 g/mol. The number of allylic oxidation sites excluding steroid dienone is 4. The number of benzene rings is 3. The molecule has 1 aliphatic heterocycles. The summed E-state index contributed by atoms with van der Waals surface area (Å²) in [6.07, 6.45) is 8.94. The molecular weight excluding hydrogens is 479 g/mol. The summed E-state index contributed by atoms with van der Waals surface area (Å²) in [5.74, 6) is 0.689. The quantitative estimate of drug-likeness (QED) is 0.260. The summed E-state index contributed by atoms with van der Waals surface area (Å²) in [7, 11) is -0.401. The lowest BCUT2D eigenvalue weighted by Crippen LogP contribution is -2.41. The van der Waals surface area contributed by atoms with Gasteiger partial charge in [0.05, 0.1) is 22.6 Å². The molecule has 0 unspecified atom stereocenters. The maximum atomic E-state index is 6.25. The van der Waals surface area contributed by atoms with Gasteiger partial charge in [0.2, 0.25) is 0 Å². The van der Waals surface area contributed by atoms with E-state index in [-0.39, 0.29) is 11.2 Å². The maximum absolute atomic E-state index is 6.25. The lowest BCUT2D eigenvalue weighted by molar-refractivity contribution is 0.00578. The summed E-state index contributed by atoms with van der Waals surface area (Å²) in [6.45, 7) is 8.29. The van der Waals surface area contributed by atoms with Gasteiger partial charge in [-0.25, -0.2) is 9.97 Å². The van der Waals surface area contributed by atoms with E-state index in [2.05, 4.69) is 113 Å². The molecule has 3 aromatic carbocycles. The van der Waals surface area contributed by atoms with Gasteiger partial charge in [-0.15, -0.1) is 0 Å². The molecule has 2 aliphatic rings. The highest BCUT2D eigenvalue weighted by Gasteiger charge is 2.51. The first-order valence-electron chi connectivity index (χ1n) is 13.7. The first kappa shape index (κ1) is 25.5. The summed E-state index contributed by atoms with van der Waals surface area (Å²) in [4.78, 5) is 10.0. The van der Waals surface area contributed by atoms with Crippen LogP contribution in [0.3, 0.4) is 0 Å². The van der Waals surface area contributed by atoms with E-state index in [1.54, 1.807) is 0 Å². The normalized spacial score (nSPS) is 17.7. The van der Waals surface area contributed by atoms with E-state index in [9.17, 15) is 0 Å². The Morgan fingerprint density at radius 3 is 1.95 bits per heavy atom. The summed E-state index contributed by atoms with van der Waals surface area (Å²) < 4.78 is 12.5. The van der Waals surface area contributed by atoms with Gasteiger partial charge in [0.15, 0.2) is 5.82 Å². The first-order chi connectivity index (χ1) is 18.8. The Balaban J connectivity index is 1.38. The molecule has 0 bridgehead atoms. The fourth-order valence-electron chi connectivity index (χ4n) is 4.94. The van der Waals surface area contributed by atoms with Crippen molar-refractivity contribution in [2.24, 2.45) is 0 Å². The number of hydrogen-bond acceptors (Lipinski definition) is 4. The van der Waals surface area contributed by atoms with Crippen LogP contribution in [0, 0.1) is 0 Å². The third-order valence-electron chi connectivity index (χ3n) is 7.98. The number of rotatable bonds is 5. The summed E-state index contributed by atoms with van der Waals surface area (Å²) in [5.41, 5.74) is 7.57. The van der Waals surface area contributed by atoms with Crippen LogP contribution in [0.15, 0.2) is 103 Å². The smallest absolute Gasteiger partial charge is 0.399 e. The van der Waals surface area contributed by atoms with Crippen molar-refractivity contribution in [1.82, 2.24) is 9.97 Å². The Kier molecular flexibility index (Phi) is 6.58. The van der Waals surface area contributed by atoms with Crippen LogP contribution in [-0.4, -0.2) is 28.3 Å². The minimum atomic E-state index is -0.401. The fourth-order valence-corrected chi connectivity index (χ4v) is 4.94. The van der Waals surface area contributed by atoms with Crippen molar-refractivity contribution in [1.29, 1.82) is 0 Å². The Bertz CT molecular complexity index is 1540. The van der Waals surface area contributed by atoms with Crippen molar-refractivity contribution in [2.75, 3.05) is 0 Å². The van der Waals surface area contributed by atoms with Crippen LogP contribution < -0.4 is 5.46 Å². The Morgan fingerprint density at radius 2 is 1.28 bits per heavy atom. The van der Waals surface area contributed by atoms with Crippen LogP contribution in [-0.2, 0) is 9.31 Å². The van der Waals surface area contributed by atoms with E-state index in [1.807, 2.05) is 18.2 Å². The summed E-state index contributed by atoms with van der Waals surface area (Å²) >= 11 is 0. The van der Waals surface area contributed by atoms with E-state index in [0.29, 0.717) is 5.82 Å². The second-order valence-electron chi connectivity index (χ2n) is 11.3. The zero-order chi connectivity index (χ0) is 27.0. The lowest BCUT2D eigenvalue weighted by atomic mass is 9.79. The van der Waals surface area contributed by atoms with Gasteiger partial charge in [-0.1, -0.05) is 91.0 Å². The van der Waals surface area contributed by atoms with Gasteiger partial charge in [0.1, 0.15) is 0 Å². The highest BCUT2D eigenvalue weighted by atomic mass is 16.7. The maximum Gasteiger partial charge on any atom is 0.494 e. The zero-order valence-corrected chi connectivity index (χ0v) is 23.0. The molecule has 5 heteroatoms. The van der Waals surface area contributed by atoms with Crippen LogP contribution >= 0.6 is 0 Å². The van der Waals surface area contributed by atoms with Crippen molar-refractivity contribution in [3.63, 3.8) is 0 Å². The first-order valence-corrected chi connectivity index (χ1v) is 13.7. The van der Waals surface area contributed by atoms with E-state index in [0.717, 1.165) is 46.4 Å². The monoisotopic (exact) mass is 512 g/mol. The second-order valence-corrected chi connectivity index (χ2v) is 11.3. The largest absolute Gasteiger partial charge is 0.494 e. The molecule has 4 aromatic rings. The zero-order valence-electron chi connectivity index (χ0n) is 23.0. The fraction of sp³-hybridized carbons (Fsp3) is 0.235. The van der Waals surface area contributed by atoms with E-state index in [1.165, 1.54) is 11.1 Å². The van der Waals surface area contributed by atoms with Crippen molar-refractivity contribution < 1.29 is 9.31 Å². The predicted octanol–water partition coefficient (Wildman–Crippen LogP) is 7.51. The van der Waals surface area contributed by atoms with Gasteiger partial charge in [-0.3, -0.25) is 0 Å².